The molecule has 0 amide bonds. The molecular formula is C20H26N2O3S. The predicted molar refractivity (Wildman–Crippen MR) is 104 cm³/mol. The van der Waals surface area contributed by atoms with Crippen LogP contribution in [0.4, 0.5) is 0 Å². The number of likely N-dealkylation sites (N-methyl/N-ethyl adjacent to an activating group) is 1. The van der Waals surface area contributed by atoms with Gasteiger partial charge in [0.25, 0.3) is 0 Å². The molecule has 1 fully saturated rings. The number of hydrogen-bond acceptors (Lipinski definition) is 4. The number of ketones is 1. The number of sulfone groups is 1. The van der Waals surface area contributed by atoms with Crippen molar-refractivity contribution in [3.05, 3.63) is 53.3 Å². The topological polar surface area (TPSA) is 59.4 Å². The quantitative estimate of drug-likeness (QED) is 0.730. The molecule has 1 aliphatic heterocycles. The summed E-state index contributed by atoms with van der Waals surface area (Å²) in [6.45, 7) is 6.87. The third-order valence-corrected chi connectivity index (χ3v) is 6.97. The summed E-state index contributed by atoms with van der Waals surface area (Å²) in [7, 11) is -2.95. The van der Waals surface area contributed by atoms with E-state index in [1.807, 2.05) is 62.1 Å². The van der Waals surface area contributed by atoms with Crippen molar-refractivity contribution in [1.29, 1.82) is 0 Å². The summed E-state index contributed by atoms with van der Waals surface area (Å²) in [5, 5.41) is 0. The van der Waals surface area contributed by atoms with Gasteiger partial charge >= 0.3 is 0 Å². The molecule has 5 nitrogen and oxygen atoms in total. The van der Waals surface area contributed by atoms with Crippen LogP contribution in [0.3, 0.4) is 0 Å². The summed E-state index contributed by atoms with van der Waals surface area (Å²) in [4.78, 5) is 14.9. The first-order valence-electron chi connectivity index (χ1n) is 9.04. The summed E-state index contributed by atoms with van der Waals surface area (Å²) >= 11 is 0. The average Bonchev–Trinajstić information content (AvgIpc) is 3.12. The van der Waals surface area contributed by atoms with Crippen molar-refractivity contribution in [1.82, 2.24) is 9.47 Å². The number of nitrogens with zero attached hydrogens (tertiary/aromatic N) is 2. The molecule has 26 heavy (non-hydrogen) atoms. The third-order valence-electron chi connectivity index (χ3n) is 5.22. The molecule has 1 unspecified atom stereocenters. The van der Waals surface area contributed by atoms with Gasteiger partial charge in [-0.25, -0.2) is 8.42 Å². The molecule has 2 aromatic rings. The van der Waals surface area contributed by atoms with Gasteiger partial charge in [-0.2, -0.15) is 0 Å². The molecule has 0 aliphatic carbocycles. The van der Waals surface area contributed by atoms with Crippen LogP contribution in [0.25, 0.3) is 5.69 Å². The Hall–Kier alpha value is -1.92. The van der Waals surface area contributed by atoms with Gasteiger partial charge in [0, 0.05) is 28.7 Å². The fourth-order valence-corrected chi connectivity index (χ4v) is 5.61. The Morgan fingerprint density at radius 2 is 1.92 bits per heavy atom. The van der Waals surface area contributed by atoms with Crippen LogP contribution in [0, 0.1) is 13.8 Å². The Morgan fingerprint density at radius 3 is 2.50 bits per heavy atom. The van der Waals surface area contributed by atoms with Crippen molar-refractivity contribution in [2.45, 2.75) is 33.2 Å². The lowest BCUT2D eigenvalue weighted by molar-refractivity contribution is 0.0906. The minimum Gasteiger partial charge on any atom is -0.318 e. The van der Waals surface area contributed by atoms with Gasteiger partial charge in [-0.15, -0.1) is 0 Å². The first-order chi connectivity index (χ1) is 12.3. The van der Waals surface area contributed by atoms with Gasteiger partial charge in [0.1, 0.15) is 0 Å². The Bertz CT molecular complexity index is 901. The fourth-order valence-electron chi connectivity index (χ4n) is 3.85. The Balaban J connectivity index is 1.82. The number of para-hydroxylation sites is 1. The van der Waals surface area contributed by atoms with Gasteiger partial charge in [0.05, 0.1) is 18.1 Å². The molecule has 1 saturated heterocycles. The van der Waals surface area contributed by atoms with Crippen molar-refractivity contribution < 1.29 is 13.2 Å². The highest BCUT2D eigenvalue weighted by molar-refractivity contribution is 7.91. The average molecular weight is 375 g/mol. The van der Waals surface area contributed by atoms with Crippen LogP contribution in [0.15, 0.2) is 36.4 Å². The summed E-state index contributed by atoms with van der Waals surface area (Å²) in [6, 6.07) is 11.9. The molecule has 2 heterocycles. The summed E-state index contributed by atoms with van der Waals surface area (Å²) < 4.78 is 25.6. The molecule has 140 valence electrons. The standard InChI is InChI=1S/C20H26N2O3S/c1-4-21(18-10-11-26(24,25)14-18)13-20(23)19-12-15(2)22(16(19)3)17-8-6-5-7-9-17/h5-9,12,18H,4,10-11,13-14H2,1-3H3. The van der Waals surface area contributed by atoms with Crippen LogP contribution in [0.2, 0.25) is 0 Å². The summed E-state index contributed by atoms with van der Waals surface area (Å²) in [6.07, 6.45) is 0.618. The number of carbonyl (C=O) groups excluding carboxylic acids is 1. The molecule has 3 rings (SSSR count). The van der Waals surface area contributed by atoms with Crippen LogP contribution in [-0.2, 0) is 9.84 Å². The highest BCUT2D eigenvalue weighted by atomic mass is 32.2. The second-order valence-electron chi connectivity index (χ2n) is 7.00. The molecule has 0 radical (unpaired) electrons. The number of benzene rings is 1. The van der Waals surface area contributed by atoms with Crippen molar-refractivity contribution >= 4 is 15.6 Å². The number of Topliss-reactive ketones (excluding diaryl/α,β-unsaturated/α-hetero) is 1. The molecule has 1 atom stereocenters. The maximum Gasteiger partial charge on any atom is 0.178 e. The highest BCUT2D eigenvalue weighted by Crippen LogP contribution is 2.23. The van der Waals surface area contributed by atoms with E-state index in [4.69, 9.17) is 0 Å². The summed E-state index contributed by atoms with van der Waals surface area (Å²) in [5.74, 6) is 0.439. The predicted octanol–water partition coefficient (Wildman–Crippen LogP) is 2.79. The lowest BCUT2D eigenvalue weighted by Gasteiger charge is -2.25. The lowest BCUT2D eigenvalue weighted by atomic mass is 10.1. The molecule has 1 aromatic heterocycles. The van der Waals surface area contributed by atoms with E-state index in [9.17, 15) is 13.2 Å². The number of hydrogen-bond donors (Lipinski definition) is 0. The smallest absolute Gasteiger partial charge is 0.178 e. The number of rotatable bonds is 6. The maximum absolute atomic E-state index is 12.9. The highest BCUT2D eigenvalue weighted by Gasteiger charge is 2.32. The van der Waals surface area contributed by atoms with Crippen molar-refractivity contribution in [2.75, 3.05) is 24.6 Å². The fraction of sp³-hybridized carbons (Fsp3) is 0.450. The Morgan fingerprint density at radius 1 is 1.23 bits per heavy atom. The van der Waals surface area contributed by atoms with E-state index >= 15 is 0 Å². The van der Waals surface area contributed by atoms with E-state index in [0.29, 0.717) is 18.5 Å². The maximum atomic E-state index is 12.9. The van der Waals surface area contributed by atoms with E-state index in [-0.39, 0.29) is 29.9 Å². The Labute approximate surface area is 155 Å². The Kier molecular flexibility index (Phi) is 5.34. The minimum absolute atomic E-state index is 0.0476. The molecule has 1 aromatic carbocycles. The lowest BCUT2D eigenvalue weighted by Crippen LogP contribution is -2.39. The van der Waals surface area contributed by atoms with Gasteiger partial charge in [0.15, 0.2) is 15.6 Å². The number of aryl methyl sites for hydroxylation is 1. The van der Waals surface area contributed by atoms with Crippen LogP contribution in [0.1, 0.15) is 35.1 Å². The molecule has 0 spiro atoms. The SMILES string of the molecule is CCN(CC(=O)c1cc(C)n(-c2ccccc2)c1C)C1CCS(=O)(=O)C1. The molecular weight excluding hydrogens is 348 g/mol. The molecule has 0 saturated carbocycles. The molecule has 1 aliphatic rings. The minimum atomic E-state index is -2.95. The van der Waals surface area contributed by atoms with Crippen LogP contribution in [-0.4, -0.2) is 54.3 Å². The van der Waals surface area contributed by atoms with Gasteiger partial charge in [-0.3, -0.25) is 9.69 Å². The first kappa shape index (κ1) is 18.9. The van der Waals surface area contributed by atoms with E-state index in [0.717, 1.165) is 17.1 Å². The van der Waals surface area contributed by atoms with Crippen LogP contribution < -0.4 is 0 Å². The largest absolute Gasteiger partial charge is 0.318 e. The zero-order valence-electron chi connectivity index (χ0n) is 15.6. The van der Waals surface area contributed by atoms with Crippen molar-refractivity contribution in [3.8, 4) is 5.69 Å². The number of aromatic nitrogens is 1. The van der Waals surface area contributed by atoms with E-state index in [2.05, 4.69) is 4.57 Å². The third kappa shape index (κ3) is 3.76. The number of carbonyl (C=O) groups is 1. The molecule has 0 bridgehead atoms. The van der Waals surface area contributed by atoms with Crippen LogP contribution in [0.5, 0.6) is 0 Å². The summed E-state index contributed by atoms with van der Waals surface area (Å²) in [5.41, 5.74) is 3.69. The van der Waals surface area contributed by atoms with E-state index < -0.39 is 9.84 Å². The van der Waals surface area contributed by atoms with Gasteiger partial charge in [-0.1, -0.05) is 25.1 Å². The van der Waals surface area contributed by atoms with E-state index in [1.165, 1.54) is 0 Å². The monoisotopic (exact) mass is 374 g/mol. The van der Waals surface area contributed by atoms with Crippen LogP contribution >= 0.6 is 0 Å². The zero-order chi connectivity index (χ0) is 18.9. The van der Waals surface area contributed by atoms with Crippen molar-refractivity contribution in [2.24, 2.45) is 0 Å². The first-order valence-corrected chi connectivity index (χ1v) is 10.9. The van der Waals surface area contributed by atoms with E-state index in [1.54, 1.807) is 0 Å². The second-order valence-corrected chi connectivity index (χ2v) is 9.23. The van der Waals surface area contributed by atoms with Gasteiger partial charge in [-0.05, 0) is 45.0 Å². The van der Waals surface area contributed by atoms with Crippen molar-refractivity contribution in [3.63, 3.8) is 0 Å². The van der Waals surface area contributed by atoms with Gasteiger partial charge < -0.3 is 4.57 Å². The second kappa shape index (κ2) is 7.37. The zero-order valence-corrected chi connectivity index (χ0v) is 16.4. The molecule has 0 N–H and O–H groups in total. The normalized spacial score (nSPS) is 19.2. The molecule has 6 heteroatoms. The van der Waals surface area contributed by atoms with Gasteiger partial charge in [0.2, 0.25) is 0 Å².